The summed E-state index contributed by atoms with van der Waals surface area (Å²) in [5.41, 5.74) is 1.18. The molecule has 1 amide bonds. The molecule has 0 N–H and O–H groups in total. The second-order valence-electron chi connectivity index (χ2n) is 7.58. The minimum Gasteiger partial charge on any atom is -0.486 e. The number of rotatable bonds is 4. The van der Waals surface area contributed by atoms with Crippen LogP contribution in [-0.4, -0.2) is 68.1 Å². The van der Waals surface area contributed by atoms with Gasteiger partial charge in [-0.1, -0.05) is 26.0 Å². The Bertz CT molecular complexity index is 582. The number of carbonyl (C=O) groups is 1. The van der Waals surface area contributed by atoms with Crippen LogP contribution >= 0.6 is 0 Å². The molecule has 0 aromatic heterocycles. The Kier molecular flexibility index (Phi) is 5.84. The van der Waals surface area contributed by atoms with Gasteiger partial charge in [-0.15, -0.1) is 0 Å². The fraction of sp³-hybridized carbons (Fsp3) is 0.650. The number of amides is 1. The smallest absolute Gasteiger partial charge is 0.225 e. The van der Waals surface area contributed by atoms with Gasteiger partial charge in [0, 0.05) is 38.6 Å². The van der Waals surface area contributed by atoms with Crippen LogP contribution in [0.2, 0.25) is 0 Å². The van der Waals surface area contributed by atoms with Gasteiger partial charge in [0.1, 0.15) is 11.9 Å². The third kappa shape index (κ3) is 4.46. The number of anilines is 1. The molecule has 2 saturated heterocycles. The number of piperidine rings is 1. The van der Waals surface area contributed by atoms with Gasteiger partial charge < -0.3 is 19.4 Å². The summed E-state index contributed by atoms with van der Waals surface area (Å²) in [5.74, 6) is 1.24. The number of likely N-dealkylation sites (tertiary alicyclic amines) is 1. The van der Waals surface area contributed by atoms with E-state index in [2.05, 4.69) is 35.0 Å². The zero-order valence-electron chi connectivity index (χ0n) is 15.8. The standard InChI is InChI=1S/C20H31N3O2/c1-16(2)20(24)23-10-6-7-17(15-23)25-19-9-5-4-8-18(19)22-13-11-21(3)12-14-22/h4-5,8-9,16-17H,6-7,10-15H2,1-3H3. The molecule has 2 heterocycles. The van der Waals surface area contributed by atoms with Crippen LogP contribution in [0.5, 0.6) is 5.75 Å². The largest absolute Gasteiger partial charge is 0.486 e. The minimum atomic E-state index is 0.0522. The fourth-order valence-corrected chi connectivity index (χ4v) is 3.64. The van der Waals surface area contributed by atoms with E-state index in [0.717, 1.165) is 51.3 Å². The predicted octanol–water partition coefficient (Wildman–Crippen LogP) is 2.46. The van der Waals surface area contributed by atoms with E-state index in [1.807, 2.05) is 24.8 Å². The van der Waals surface area contributed by atoms with Crippen LogP contribution in [0.4, 0.5) is 5.69 Å². The molecule has 25 heavy (non-hydrogen) atoms. The number of carbonyl (C=O) groups excluding carboxylic acids is 1. The molecule has 2 fully saturated rings. The SMILES string of the molecule is CC(C)C(=O)N1CCCC(Oc2ccccc2N2CCN(C)CC2)C1. The van der Waals surface area contributed by atoms with Gasteiger partial charge in [-0.3, -0.25) is 4.79 Å². The first-order chi connectivity index (χ1) is 12.0. The van der Waals surface area contributed by atoms with E-state index in [1.165, 1.54) is 5.69 Å². The van der Waals surface area contributed by atoms with Gasteiger partial charge >= 0.3 is 0 Å². The zero-order chi connectivity index (χ0) is 17.8. The number of benzene rings is 1. The molecular formula is C20H31N3O2. The number of piperazine rings is 1. The Balaban J connectivity index is 1.67. The van der Waals surface area contributed by atoms with E-state index >= 15 is 0 Å². The first kappa shape index (κ1) is 18.1. The van der Waals surface area contributed by atoms with E-state index in [4.69, 9.17) is 4.74 Å². The molecule has 138 valence electrons. The quantitative estimate of drug-likeness (QED) is 0.840. The Morgan fingerprint density at radius 3 is 2.56 bits per heavy atom. The molecule has 2 aliphatic heterocycles. The monoisotopic (exact) mass is 345 g/mol. The normalized spacial score (nSPS) is 22.3. The highest BCUT2D eigenvalue weighted by atomic mass is 16.5. The number of ether oxygens (including phenoxy) is 1. The maximum atomic E-state index is 12.3. The van der Waals surface area contributed by atoms with Crippen molar-refractivity contribution in [2.45, 2.75) is 32.8 Å². The van der Waals surface area contributed by atoms with Crippen molar-refractivity contribution < 1.29 is 9.53 Å². The molecule has 2 aliphatic rings. The summed E-state index contributed by atoms with van der Waals surface area (Å²) in [6, 6.07) is 8.34. The first-order valence-corrected chi connectivity index (χ1v) is 9.52. The number of hydrogen-bond donors (Lipinski definition) is 0. The second kappa shape index (κ2) is 8.09. The lowest BCUT2D eigenvalue weighted by molar-refractivity contribution is -0.137. The molecule has 5 heteroatoms. The van der Waals surface area contributed by atoms with Crippen LogP contribution in [0, 0.1) is 5.92 Å². The van der Waals surface area contributed by atoms with Crippen LogP contribution in [0.15, 0.2) is 24.3 Å². The van der Waals surface area contributed by atoms with Crippen molar-refractivity contribution in [1.29, 1.82) is 0 Å². The van der Waals surface area contributed by atoms with Crippen molar-refractivity contribution in [2.75, 3.05) is 51.2 Å². The molecule has 0 saturated carbocycles. The minimum absolute atomic E-state index is 0.0522. The highest BCUT2D eigenvalue weighted by Gasteiger charge is 2.27. The van der Waals surface area contributed by atoms with Gasteiger partial charge in [0.05, 0.1) is 12.2 Å². The average Bonchev–Trinajstić information content (AvgIpc) is 2.62. The van der Waals surface area contributed by atoms with Gasteiger partial charge in [0.2, 0.25) is 5.91 Å². The Morgan fingerprint density at radius 1 is 1.12 bits per heavy atom. The van der Waals surface area contributed by atoms with Crippen molar-refractivity contribution in [3.8, 4) is 5.75 Å². The van der Waals surface area contributed by atoms with Crippen LogP contribution in [-0.2, 0) is 4.79 Å². The van der Waals surface area contributed by atoms with Crippen molar-refractivity contribution in [3.05, 3.63) is 24.3 Å². The van der Waals surface area contributed by atoms with Gasteiger partial charge in [0.15, 0.2) is 0 Å². The summed E-state index contributed by atoms with van der Waals surface area (Å²) in [6.07, 6.45) is 2.11. The Hall–Kier alpha value is -1.75. The highest BCUT2D eigenvalue weighted by Crippen LogP contribution is 2.31. The van der Waals surface area contributed by atoms with Crippen molar-refractivity contribution in [1.82, 2.24) is 9.80 Å². The number of likely N-dealkylation sites (N-methyl/N-ethyl adjacent to an activating group) is 1. The maximum Gasteiger partial charge on any atom is 0.225 e. The summed E-state index contributed by atoms with van der Waals surface area (Å²) in [4.78, 5) is 19.0. The molecule has 0 aliphatic carbocycles. The topological polar surface area (TPSA) is 36.0 Å². The maximum absolute atomic E-state index is 12.3. The van der Waals surface area contributed by atoms with Crippen molar-refractivity contribution in [2.24, 2.45) is 5.92 Å². The fourth-order valence-electron chi connectivity index (χ4n) is 3.64. The van der Waals surface area contributed by atoms with Gasteiger partial charge in [-0.25, -0.2) is 0 Å². The molecule has 1 aromatic carbocycles. The number of para-hydroxylation sites is 2. The van der Waals surface area contributed by atoms with Crippen LogP contribution in [0.25, 0.3) is 0 Å². The predicted molar refractivity (Wildman–Crippen MR) is 101 cm³/mol. The van der Waals surface area contributed by atoms with E-state index in [9.17, 15) is 4.79 Å². The lowest BCUT2D eigenvalue weighted by Gasteiger charge is -2.37. The summed E-state index contributed by atoms with van der Waals surface area (Å²) in [5, 5.41) is 0. The van der Waals surface area contributed by atoms with Crippen molar-refractivity contribution >= 4 is 11.6 Å². The summed E-state index contributed by atoms with van der Waals surface area (Å²) in [7, 11) is 2.17. The third-order valence-electron chi connectivity index (χ3n) is 5.19. The molecule has 5 nitrogen and oxygen atoms in total. The molecule has 1 unspecified atom stereocenters. The average molecular weight is 345 g/mol. The summed E-state index contributed by atoms with van der Waals surface area (Å²) in [6.45, 7) is 9.71. The van der Waals surface area contributed by atoms with E-state index < -0.39 is 0 Å². The first-order valence-electron chi connectivity index (χ1n) is 9.52. The van der Waals surface area contributed by atoms with Gasteiger partial charge in [0.25, 0.3) is 0 Å². The Morgan fingerprint density at radius 2 is 1.84 bits per heavy atom. The lowest BCUT2D eigenvalue weighted by atomic mass is 10.1. The second-order valence-corrected chi connectivity index (χ2v) is 7.58. The zero-order valence-corrected chi connectivity index (χ0v) is 15.8. The molecule has 3 rings (SSSR count). The molecule has 0 radical (unpaired) electrons. The number of nitrogens with zero attached hydrogens (tertiary/aromatic N) is 3. The lowest BCUT2D eigenvalue weighted by Crippen LogP contribution is -2.46. The molecule has 0 bridgehead atoms. The molecule has 1 atom stereocenters. The van der Waals surface area contributed by atoms with Crippen LogP contribution in [0.3, 0.4) is 0 Å². The Labute approximate surface area is 151 Å². The molecule has 0 spiro atoms. The third-order valence-corrected chi connectivity index (χ3v) is 5.19. The van der Waals surface area contributed by atoms with E-state index in [0.29, 0.717) is 6.54 Å². The molecule has 1 aromatic rings. The van der Waals surface area contributed by atoms with Gasteiger partial charge in [-0.05, 0) is 32.0 Å². The summed E-state index contributed by atoms with van der Waals surface area (Å²) >= 11 is 0. The highest BCUT2D eigenvalue weighted by molar-refractivity contribution is 5.78. The molecular weight excluding hydrogens is 314 g/mol. The van der Waals surface area contributed by atoms with E-state index in [-0.39, 0.29) is 17.9 Å². The van der Waals surface area contributed by atoms with Gasteiger partial charge in [-0.2, -0.15) is 0 Å². The van der Waals surface area contributed by atoms with E-state index in [1.54, 1.807) is 0 Å². The van der Waals surface area contributed by atoms with Crippen LogP contribution < -0.4 is 9.64 Å². The van der Waals surface area contributed by atoms with Crippen molar-refractivity contribution in [3.63, 3.8) is 0 Å². The summed E-state index contributed by atoms with van der Waals surface area (Å²) < 4.78 is 6.38. The van der Waals surface area contributed by atoms with Crippen LogP contribution in [0.1, 0.15) is 26.7 Å². The number of hydrogen-bond acceptors (Lipinski definition) is 4.